The maximum atomic E-state index is 13.8. The third-order valence-corrected chi connectivity index (χ3v) is 17.9. The maximum Gasteiger partial charge on any atom is 0.341 e. The van der Waals surface area contributed by atoms with E-state index in [4.69, 9.17) is 25.5 Å². The van der Waals surface area contributed by atoms with Crippen molar-refractivity contribution in [3.8, 4) is 0 Å². The number of hydrogen-bond acceptors (Lipinski definition) is 19. The fourth-order valence-electron chi connectivity index (χ4n) is 11.4. The number of aromatic carboxylic acids is 3. The predicted molar refractivity (Wildman–Crippen MR) is 468 cm³/mol. The van der Waals surface area contributed by atoms with Gasteiger partial charge in [0, 0.05) is 97.9 Å². The molecule has 36 heteroatoms. The summed E-state index contributed by atoms with van der Waals surface area (Å²) in [7, 11) is 4.00. The van der Waals surface area contributed by atoms with Crippen LogP contribution >= 0.6 is 0 Å². The van der Waals surface area contributed by atoms with Crippen LogP contribution in [0.15, 0.2) is 158 Å². The van der Waals surface area contributed by atoms with E-state index in [1.54, 1.807) is 29.0 Å². The number of benzene rings is 7. The van der Waals surface area contributed by atoms with E-state index >= 15 is 0 Å². The molecule has 688 valence electrons. The second kappa shape index (κ2) is 52.3. The van der Waals surface area contributed by atoms with Gasteiger partial charge in [-0.25, -0.2) is 58.3 Å². The van der Waals surface area contributed by atoms with Gasteiger partial charge in [-0.15, -0.1) is 0 Å². The van der Waals surface area contributed by atoms with E-state index in [1.807, 2.05) is 59.0 Å². The van der Waals surface area contributed by atoms with Gasteiger partial charge in [0.15, 0.2) is 39.4 Å². The number of nitrogens with zero attached hydrogens (tertiary/aromatic N) is 6. The number of rotatable bonds is 17. The summed E-state index contributed by atoms with van der Waals surface area (Å²) < 4.78 is 137. The average Bonchev–Trinajstić information content (AvgIpc) is 0.787. The van der Waals surface area contributed by atoms with E-state index in [9.17, 15) is 112 Å². The number of nitrogens with two attached hydrogens (primary N) is 1. The predicted octanol–water partition coefficient (Wildman–Crippen LogP) is 15.7. The number of carboxylic acids is 3. The van der Waals surface area contributed by atoms with Crippen LogP contribution in [0, 0.1) is 85.9 Å². The van der Waals surface area contributed by atoms with E-state index < -0.39 is 124 Å². The van der Waals surface area contributed by atoms with E-state index in [0.29, 0.717) is 88.2 Å². The van der Waals surface area contributed by atoms with Crippen molar-refractivity contribution in [1.82, 2.24) is 23.2 Å². The number of aliphatic hydroxyl groups is 5. The van der Waals surface area contributed by atoms with Crippen LogP contribution in [0.1, 0.15) is 184 Å². The summed E-state index contributed by atoms with van der Waals surface area (Å²) in [5, 5.41) is 71.0. The summed E-state index contributed by atoms with van der Waals surface area (Å²) in [6.07, 6.45) is 12.4. The number of Topliss-reactive ketones (excluding diaryl/α,β-unsaturated/α-hetero) is 4. The van der Waals surface area contributed by atoms with Gasteiger partial charge in [0.25, 0.3) is 0 Å². The number of aliphatic imine (C=N–C) groups is 1. The molecule has 0 atom stereocenters. The first-order valence-corrected chi connectivity index (χ1v) is 38.8. The van der Waals surface area contributed by atoms with Crippen molar-refractivity contribution in [2.75, 3.05) is 27.6 Å². The van der Waals surface area contributed by atoms with E-state index in [2.05, 4.69) is 24.6 Å². The normalized spacial score (nSPS) is 10.7. The number of carbonyl (C=O) groups excluding carboxylic acids is 4. The van der Waals surface area contributed by atoms with Crippen LogP contribution in [0.2, 0.25) is 0 Å². The lowest BCUT2D eigenvalue weighted by molar-refractivity contribution is -0.113. The average molecular weight is 1800 g/mol. The highest BCUT2D eigenvalue weighted by molar-refractivity contribution is 6.17. The molecule has 0 radical (unpaired) electrons. The van der Waals surface area contributed by atoms with Crippen LogP contribution in [-0.2, 0) is 44.2 Å². The Bertz CT molecular complexity index is 6010. The molecule has 0 saturated heterocycles. The zero-order valence-corrected chi connectivity index (χ0v) is 73.2. The fourth-order valence-corrected chi connectivity index (χ4v) is 11.4. The van der Waals surface area contributed by atoms with Gasteiger partial charge in [0.1, 0.15) is 89.7 Å². The summed E-state index contributed by atoms with van der Waals surface area (Å²) >= 11 is 0. The highest BCUT2D eigenvalue weighted by Crippen LogP contribution is 2.26. The van der Waals surface area contributed by atoms with Crippen molar-refractivity contribution >= 4 is 96.6 Å². The number of aliphatic hydroxyl groups excluding tert-OH is 5. The summed E-state index contributed by atoms with van der Waals surface area (Å²) in [6, 6.07) is 16.4. The third-order valence-electron chi connectivity index (χ3n) is 17.9. The molecule has 0 saturated carbocycles. The highest BCUT2D eigenvalue weighted by Gasteiger charge is 2.22. The van der Waals surface area contributed by atoms with Gasteiger partial charge in [-0.05, 0) is 201 Å². The molecule has 0 unspecified atom stereocenters. The summed E-state index contributed by atoms with van der Waals surface area (Å²) in [5.41, 5.74) is 4.20. The number of ketones is 4. The highest BCUT2D eigenvalue weighted by atomic mass is 19.2. The molecule has 4 heterocycles. The van der Waals surface area contributed by atoms with Crippen LogP contribution in [0.3, 0.4) is 0 Å². The summed E-state index contributed by atoms with van der Waals surface area (Å²) in [4.78, 5) is 131. The SMILES string of the molecule is C/C=C/N(C)C.CC(=O)C(C=NCO)=C(O)c1cc(C)c(F)cc1F.CC(=O)c1cn(CO)c2cc(F)c(C)cc2c1=O.CCC.CCc1cc2c(=O)c(C(=O)O)cn(CO)c2cc1F.CCc1cc2c(=O)c(C(C)=O)cn(CC)c2cc1F.CCn1cc(C(C)=O)c(=O)c2cc(C)c(F)cc21.Cc1cc(C(=O)O)c(F)cc1F.NCO.O=C(O)c1ccc(F)cc1F. The zero-order chi connectivity index (χ0) is 97.9. The Hall–Kier alpha value is -13.7. The van der Waals surface area contributed by atoms with E-state index in [1.165, 1.54) is 108 Å². The Labute approximate surface area is 728 Å². The monoisotopic (exact) mass is 1800 g/mol. The minimum Gasteiger partial charge on any atom is -0.506 e. The molecule has 0 amide bonds. The van der Waals surface area contributed by atoms with Crippen molar-refractivity contribution < 1.29 is 118 Å². The summed E-state index contributed by atoms with van der Waals surface area (Å²) in [5.74, 6) is -13.3. The number of fused-ring (bicyclic) bond motifs is 4. The lowest BCUT2D eigenvalue weighted by Gasteiger charge is -2.12. The van der Waals surface area contributed by atoms with Crippen LogP contribution < -0.4 is 27.4 Å². The quantitative estimate of drug-likeness (QED) is 0.0102. The van der Waals surface area contributed by atoms with Crippen LogP contribution in [0.4, 0.5) is 43.9 Å². The van der Waals surface area contributed by atoms with Crippen molar-refractivity contribution in [3.63, 3.8) is 0 Å². The molecule has 7 aromatic carbocycles. The van der Waals surface area contributed by atoms with Crippen molar-refractivity contribution in [1.29, 1.82) is 0 Å². The van der Waals surface area contributed by atoms with Crippen molar-refractivity contribution in [2.24, 2.45) is 10.7 Å². The number of carboxylic acid groups (broad SMARTS) is 3. The van der Waals surface area contributed by atoms with Crippen LogP contribution in [0.25, 0.3) is 49.4 Å². The molecule has 26 nitrogen and oxygen atoms in total. The Kier molecular flexibility index (Phi) is 45.1. The number of hydrogen-bond donors (Lipinski definition) is 9. The number of aryl methyl sites for hydroxylation is 8. The molecule has 0 fully saturated rings. The number of aromatic nitrogens is 4. The number of halogens is 10. The fraction of sp³-hybridized carbons (Fsp3) is 0.283. The molecule has 10 N–H and O–H groups in total. The van der Waals surface area contributed by atoms with Gasteiger partial charge >= 0.3 is 17.9 Å². The van der Waals surface area contributed by atoms with Gasteiger partial charge < -0.3 is 69.8 Å². The molecule has 11 aromatic rings. The second-order valence-electron chi connectivity index (χ2n) is 27.6. The lowest BCUT2D eigenvalue weighted by Crippen LogP contribution is -2.19. The van der Waals surface area contributed by atoms with E-state index in [-0.39, 0.29) is 107 Å². The standard InChI is InChI=1S/C15H16FNO2.C14H14FNO2.C13H13F2NO3.C13H12FNO4.C13H12FNO3.C8H6F2O2.C7H4F2O2.C5H11N.C3H8.CH5NO/c1-4-10-6-11-14(7-13(10)16)17(5-2)8-12(9(3)18)15(11)19;1-4-16-7-11(9(3)17)14(18)10-5-8(2)12(15)6-13(10)16;1-7-3-9(12(15)4-11(7)14)13(19)10(8(2)18)5-16-6-17;1-2-7-3-8-11(4-10(7)14)15(6-16)5-9(12(8)17)13(18)19;1-7-3-9-12(4-11(7)14)15(6-16)5-10(8(2)17)13(9)18;1-4-2-5(8(11)12)7(10)3-6(4)9;8-4-1-2-5(7(10)11)6(9)3-4;1-4-5-6(2)3;1-3-2;2-1-3/h6-8H,4-5H2,1-3H3;5-7H,4H2,1-3H3;3-5,17,19H,6H2,1-2H3;3-5,16H,2,6H2,1H3,(H,18,19);3-5,16H,6H2,1-2H3;2-3H,1H3,(H,11,12);1-3H,(H,10,11);4-5H,1-3H3;3H2,1-2H3;3H,1-2H2/b;;;;;;;5-4+;;. The maximum absolute atomic E-state index is 13.8. The molecule has 0 bridgehead atoms. The molecule has 0 aliphatic rings. The number of carbonyl (C=O) groups is 7. The smallest absolute Gasteiger partial charge is 0.341 e. The third kappa shape index (κ3) is 30.3. The second-order valence-corrected chi connectivity index (χ2v) is 27.6. The summed E-state index contributed by atoms with van der Waals surface area (Å²) in [6.45, 7) is 24.0. The Morgan fingerprint density at radius 3 is 1.02 bits per heavy atom. The Balaban J connectivity index is 0.000000498. The van der Waals surface area contributed by atoms with Crippen LogP contribution in [0.5, 0.6) is 0 Å². The molecular weight excluding hydrogens is 1700 g/mol. The van der Waals surface area contributed by atoms with Gasteiger partial charge in [-0.1, -0.05) is 40.2 Å². The first-order valence-electron chi connectivity index (χ1n) is 38.8. The Morgan fingerprint density at radius 2 is 0.711 bits per heavy atom. The lowest BCUT2D eigenvalue weighted by atomic mass is 10.0. The molecule has 11 rings (SSSR count). The largest absolute Gasteiger partial charge is 0.506 e. The first kappa shape index (κ1) is 110. The molecular formula is C92H101F10N7O19. The molecule has 128 heavy (non-hydrogen) atoms. The minimum atomic E-state index is -1.40. The van der Waals surface area contributed by atoms with E-state index in [0.717, 1.165) is 54.2 Å². The molecule has 0 aliphatic carbocycles. The van der Waals surface area contributed by atoms with Crippen molar-refractivity contribution in [3.05, 3.63) is 305 Å². The minimum absolute atomic E-state index is 0.0115. The van der Waals surface area contributed by atoms with Gasteiger partial charge in [-0.3, -0.25) is 43.3 Å². The number of pyridine rings is 4. The Morgan fingerprint density at radius 1 is 0.406 bits per heavy atom. The molecule has 0 spiro atoms. The topological polar surface area (TPSA) is 411 Å². The van der Waals surface area contributed by atoms with Crippen molar-refractivity contribution in [2.45, 2.75) is 150 Å². The van der Waals surface area contributed by atoms with Gasteiger partial charge in [0.05, 0.1) is 67.8 Å². The molecule has 4 aromatic heterocycles. The first-order chi connectivity index (χ1) is 60.0. The van der Waals surface area contributed by atoms with Gasteiger partial charge in [0.2, 0.25) is 5.43 Å². The number of allylic oxidation sites excluding steroid dienone is 2. The van der Waals surface area contributed by atoms with Gasteiger partial charge in [-0.2, -0.15) is 0 Å². The molecule has 0 aliphatic heterocycles. The zero-order valence-electron chi connectivity index (χ0n) is 73.2. The van der Waals surface area contributed by atoms with Crippen LogP contribution in [-0.4, -0.2) is 139 Å².